The molecule has 0 aromatic carbocycles. The van der Waals surface area contributed by atoms with Crippen LogP contribution in [0.4, 0.5) is 10.6 Å². The molecular weight excluding hydrogens is 270 g/mol. The molecule has 1 aromatic rings. The first kappa shape index (κ1) is 15.4. The van der Waals surface area contributed by atoms with E-state index < -0.39 is 6.09 Å². The van der Waals surface area contributed by atoms with Gasteiger partial charge >= 0.3 is 6.09 Å². The summed E-state index contributed by atoms with van der Waals surface area (Å²) in [5, 5.41) is 9.38. The predicted octanol–water partition coefficient (Wildman–Crippen LogP) is 2.30. The fraction of sp³-hybridized carbons (Fsp3) is 0.600. The van der Waals surface area contributed by atoms with Crippen LogP contribution in [0.5, 0.6) is 5.88 Å². The molecule has 1 fully saturated rings. The third-order valence-electron chi connectivity index (χ3n) is 3.87. The molecular formula is C15H23N3O3. The predicted molar refractivity (Wildman–Crippen MR) is 81.0 cm³/mol. The second kappa shape index (κ2) is 5.79. The molecule has 1 N–H and O–H groups in total. The molecule has 116 valence electrons. The van der Waals surface area contributed by atoms with Crippen LogP contribution in [0.3, 0.4) is 0 Å². The van der Waals surface area contributed by atoms with E-state index in [2.05, 4.69) is 30.7 Å². The fourth-order valence-corrected chi connectivity index (χ4v) is 2.66. The number of carbonyl (C=O) groups is 1. The maximum Gasteiger partial charge on any atom is 0.407 e. The van der Waals surface area contributed by atoms with Crippen LogP contribution in [0.2, 0.25) is 0 Å². The summed E-state index contributed by atoms with van der Waals surface area (Å²) >= 11 is 0. The van der Waals surface area contributed by atoms with Gasteiger partial charge in [0.25, 0.3) is 0 Å². The molecule has 21 heavy (non-hydrogen) atoms. The monoisotopic (exact) mass is 293 g/mol. The number of aromatic nitrogens is 1. The Hall–Kier alpha value is -1.98. The van der Waals surface area contributed by atoms with E-state index in [1.165, 1.54) is 4.90 Å². The Bertz CT molecular complexity index is 513. The first-order valence-corrected chi connectivity index (χ1v) is 7.08. The van der Waals surface area contributed by atoms with Crippen molar-refractivity contribution in [2.75, 3.05) is 31.6 Å². The van der Waals surface area contributed by atoms with E-state index >= 15 is 0 Å². The van der Waals surface area contributed by atoms with Gasteiger partial charge in [-0.25, -0.2) is 4.79 Å². The van der Waals surface area contributed by atoms with Gasteiger partial charge in [0.2, 0.25) is 5.88 Å². The van der Waals surface area contributed by atoms with E-state index in [1.54, 1.807) is 13.2 Å². The van der Waals surface area contributed by atoms with Gasteiger partial charge in [-0.2, -0.15) is 4.98 Å². The van der Waals surface area contributed by atoms with Gasteiger partial charge in [-0.05, 0) is 11.5 Å². The average Bonchev–Trinajstić information content (AvgIpc) is 2.45. The van der Waals surface area contributed by atoms with E-state index in [9.17, 15) is 9.90 Å². The van der Waals surface area contributed by atoms with Gasteiger partial charge in [0.15, 0.2) is 0 Å². The molecule has 0 saturated carbocycles. The van der Waals surface area contributed by atoms with E-state index in [-0.39, 0.29) is 11.5 Å². The Balaban J connectivity index is 2.23. The molecule has 1 aliphatic heterocycles. The molecule has 1 aromatic heterocycles. The van der Waals surface area contributed by atoms with E-state index in [1.807, 2.05) is 12.1 Å². The Kier molecular flexibility index (Phi) is 4.25. The molecule has 1 aliphatic rings. The molecule has 1 atom stereocenters. The maximum absolute atomic E-state index is 11.4. The molecule has 0 radical (unpaired) electrons. The number of carboxylic acid groups (broad SMARTS) is 1. The van der Waals surface area contributed by atoms with E-state index in [0.29, 0.717) is 25.5 Å². The summed E-state index contributed by atoms with van der Waals surface area (Å²) in [5.74, 6) is 1.40. The Labute approximate surface area is 125 Å². The van der Waals surface area contributed by atoms with E-state index in [4.69, 9.17) is 4.74 Å². The first-order valence-electron chi connectivity index (χ1n) is 7.08. The Morgan fingerprint density at radius 3 is 2.67 bits per heavy atom. The van der Waals surface area contributed by atoms with Crippen molar-refractivity contribution in [1.82, 2.24) is 9.88 Å². The molecule has 1 saturated heterocycles. The maximum atomic E-state index is 11.4. The van der Waals surface area contributed by atoms with Crippen molar-refractivity contribution in [2.24, 2.45) is 5.41 Å². The summed E-state index contributed by atoms with van der Waals surface area (Å²) in [4.78, 5) is 19.5. The zero-order chi connectivity index (χ0) is 15.6. The van der Waals surface area contributed by atoms with Crippen molar-refractivity contribution in [1.29, 1.82) is 0 Å². The Morgan fingerprint density at radius 2 is 2.10 bits per heavy atom. The van der Waals surface area contributed by atoms with Crippen molar-refractivity contribution in [3.05, 3.63) is 18.2 Å². The number of nitrogens with zero attached hydrogens (tertiary/aromatic N) is 3. The van der Waals surface area contributed by atoms with Crippen molar-refractivity contribution >= 4 is 11.9 Å². The molecule has 0 spiro atoms. The number of anilines is 1. The highest BCUT2D eigenvalue weighted by molar-refractivity contribution is 5.66. The number of methoxy groups -OCH3 is 1. The number of rotatable bonds is 2. The largest absolute Gasteiger partial charge is 0.481 e. The third kappa shape index (κ3) is 3.37. The number of hydrogen-bond donors (Lipinski definition) is 1. The first-order chi connectivity index (χ1) is 9.82. The van der Waals surface area contributed by atoms with Gasteiger partial charge in [0.05, 0.1) is 13.2 Å². The lowest BCUT2D eigenvalue weighted by atomic mass is 9.84. The minimum Gasteiger partial charge on any atom is -0.481 e. The number of amides is 1. The minimum atomic E-state index is -0.854. The van der Waals surface area contributed by atoms with Gasteiger partial charge in [-0.1, -0.05) is 26.8 Å². The highest BCUT2D eigenvalue weighted by Gasteiger charge is 2.38. The topological polar surface area (TPSA) is 65.9 Å². The molecule has 2 heterocycles. The van der Waals surface area contributed by atoms with Gasteiger partial charge in [-0.15, -0.1) is 0 Å². The van der Waals surface area contributed by atoms with Crippen LogP contribution in [0.1, 0.15) is 20.8 Å². The zero-order valence-corrected chi connectivity index (χ0v) is 13.0. The summed E-state index contributed by atoms with van der Waals surface area (Å²) in [7, 11) is 1.59. The van der Waals surface area contributed by atoms with Crippen molar-refractivity contribution in [3.8, 4) is 5.88 Å². The summed E-state index contributed by atoms with van der Waals surface area (Å²) < 4.78 is 5.16. The van der Waals surface area contributed by atoms with Crippen LogP contribution in [0.25, 0.3) is 0 Å². The highest BCUT2D eigenvalue weighted by atomic mass is 16.5. The van der Waals surface area contributed by atoms with Crippen molar-refractivity contribution in [3.63, 3.8) is 0 Å². The minimum absolute atomic E-state index is 0.0725. The normalized spacial score (nSPS) is 19.5. The third-order valence-corrected chi connectivity index (χ3v) is 3.87. The SMILES string of the molecule is COc1cccc(N2CCN(C(=O)O)C(C(C)(C)C)C2)n1. The molecule has 6 heteroatoms. The van der Waals surface area contributed by atoms with E-state index in [0.717, 1.165) is 5.82 Å². The summed E-state index contributed by atoms with van der Waals surface area (Å²) in [6.45, 7) is 7.95. The standard InChI is InChI=1S/C15H23N3O3/c1-15(2,3)11-10-17(8-9-18(11)14(19)20)12-6-5-7-13(16-12)21-4/h5-7,11H,8-10H2,1-4H3,(H,19,20). The molecule has 6 nitrogen and oxygen atoms in total. The molecule has 0 aliphatic carbocycles. The number of hydrogen-bond acceptors (Lipinski definition) is 4. The summed E-state index contributed by atoms with van der Waals surface area (Å²) in [5.41, 5.74) is -0.129. The lowest BCUT2D eigenvalue weighted by Gasteiger charge is -2.46. The van der Waals surface area contributed by atoms with Crippen molar-refractivity contribution < 1.29 is 14.6 Å². The van der Waals surface area contributed by atoms with Gasteiger partial charge in [-0.3, -0.25) is 0 Å². The lowest BCUT2D eigenvalue weighted by molar-refractivity contribution is 0.0746. The van der Waals surface area contributed by atoms with Crippen LogP contribution in [0, 0.1) is 5.41 Å². The van der Waals surface area contributed by atoms with Gasteiger partial charge in [0, 0.05) is 25.7 Å². The zero-order valence-electron chi connectivity index (χ0n) is 13.0. The van der Waals surface area contributed by atoms with Crippen LogP contribution in [-0.4, -0.2) is 53.9 Å². The molecule has 2 rings (SSSR count). The highest BCUT2D eigenvalue weighted by Crippen LogP contribution is 2.29. The lowest BCUT2D eigenvalue weighted by Crippen LogP contribution is -2.59. The number of piperazine rings is 1. The number of ether oxygens (including phenoxy) is 1. The summed E-state index contributed by atoms with van der Waals surface area (Å²) in [6.07, 6.45) is -0.854. The quantitative estimate of drug-likeness (QED) is 0.906. The van der Waals surface area contributed by atoms with Crippen LogP contribution in [-0.2, 0) is 0 Å². The second-order valence-corrected chi connectivity index (χ2v) is 6.34. The van der Waals surface area contributed by atoms with Gasteiger partial charge < -0.3 is 19.6 Å². The fourth-order valence-electron chi connectivity index (χ4n) is 2.66. The average molecular weight is 293 g/mol. The summed E-state index contributed by atoms with van der Waals surface area (Å²) in [6, 6.07) is 5.56. The molecule has 0 bridgehead atoms. The van der Waals surface area contributed by atoms with Crippen molar-refractivity contribution in [2.45, 2.75) is 26.8 Å². The second-order valence-electron chi connectivity index (χ2n) is 6.34. The molecule has 1 amide bonds. The smallest absolute Gasteiger partial charge is 0.407 e. The van der Waals surface area contributed by atoms with Crippen LogP contribution >= 0.6 is 0 Å². The molecule has 1 unspecified atom stereocenters. The Morgan fingerprint density at radius 1 is 1.38 bits per heavy atom. The number of pyridine rings is 1. The van der Waals surface area contributed by atoms with Crippen LogP contribution < -0.4 is 9.64 Å². The van der Waals surface area contributed by atoms with Crippen LogP contribution in [0.15, 0.2) is 18.2 Å². The van der Waals surface area contributed by atoms with Gasteiger partial charge in [0.1, 0.15) is 5.82 Å².